The summed E-state index contributed by atoms with van der Waals surface area (Å²) in [6.07, 6.45) is 0.548. The Kier molecular flexibility index (Phi) is 2.93. The molecule has 1 saturated heterocycles. The first kappa shape index (κ1) is 8.28. The normalized spacial score (nSPS) is 18.7. The summed E-state index contributed by atoms with van der Waals surface area (Å²) in [7, 11) is 0.961. The van der Waals surface area contributed by atoms with Crippen LogP contribution in [0.25, 0.3) is 0 Å². The van der Waals surface area contributed by atoms with Crippen LogP contribution in [-0.4, -0.2) is 16.9 Å². The molecule has 0 N–H and O–H groups in total. The molecule has 0 atom stereocenters. The monoisotopic (exact) mass is 273 g/mol. The smallest absolute Gasteiger partial charge is 0.255 e. The van der Waals surface area contributed by atoms with E-state index in [-0.39, 0.29) is 24.7 Å². The van der Waals surface area contributed by atoms with Crippen LogP contribution in [0.1, 0.15) is 12.8 Å². The molecule has 0 aromatic carbocycles. The maximum Gasteiger partial charge on any atom is 0.255 e. The molecule has 1 fully saturated rings. The Labute approximate surface area is 74.0 Å². The summed E-state index contributed by atoms with van der Waals surface area (Å²) in [5, 5.41) is 0.803. The first-order valence-corrected chi connectivity index (χ1v) is 5.85. The molecule has 0 aliphatic carbocycles. The average molecular weight is 273 g/mol. The minimum atomic E-state index is -0.255. The third kappa shape index (κ3) is 1.61. The summed E-state index contributed by atoms with van der Waals surface area (Å²) in [5.41, 5.74) is 0. The van der Waals surface area contributed by atoms with Gasteiger partial charge < -0.3 is 0 Å². The summed E-state index contributed by atoms with van der Waals surface area (Å²) < 4.78 is 4.66. The van der Waals surface area contributed by atoms with Crippen LogP contribution in [0.5, 0.6) is 0 Å². The van der Waals surface area contributed by atoms with Crippen LogP contribution in [0.4, 0.5) is 0 Å². The molecule has 0 aromatic heterocycles. The zero-order valence-electron chi connectivity index (χ0n) is 4.87. The van der Waals surface area contributed by atoms with Crippen LogP contribution in [0.2, 0.25) is 0 Å². The number of hydroxylamine groups is 2. The molecule has 1 aliphatic heterocycles. The lowest BCUT2D eigenvalue weighted by atomic mass is 10.4. The molecule has 0 unspecified atom stereocenters. The van der Waals surface area contributed by atoms with Gasteiger partial charge in [0, 0.05) is 34.0 Å². The highest BCUT2D eigenvalue weighted by atomic mass is 127. The Bertz CT molecular complexity index is 158. The van der Waals surface area contributed by atoms with E-state index >= 15 is 0 Å². The highest BCUT2D eigenvalue weighted by molar-refractivity contribution is 14.2. The molecular formula is C4H4INO3S. The average Bonchev–Trinajstić information content (AvgIpc) is 2.20. The van der Waals surface area contributed by atoms with Crippen molar-refractivity contribution in [1.82, 2.24) is 5.06 Å². The van der Waals surface area contributed by atoms with Crippen LogP contribution >= 0.6 is 30.4 Å². The van der Waals surface area contributed by atoms with E-state index in [2.05, 4.69) is 4.28 Å². The van der Waals surface area contributed by atoms with E-state index in [0.29, 0.717) is 0 Å². The number of halogens is 1. The first-order chi connectivity index (χ1) is 4.75. The largest absolute Gasteiger partial charge is 0.272 e. The van der Waals surface area contributed by atoms with Crippen LogP contribution in [0, 0.1) is 0 Å². The van der Waals surface area contributed by atoms with Gasteiger partial charge in [-0.2, -0.15) is 4.28 Å². The summed E-state index contributed by atoms with van der Waals surface area (Å²) >= 11 is 1.85. The van der Waals surface area contributed by atoms with E-state index < -0.39 is 0 Å². The molecule has 1 rings (SSSR count). The molecule has 0 saturated carbocycles. The van der Waals surface area contributed by atoms with Crippen LogP contribution in [0.15, 0.2) is 0 Å². The lowest BCUT2D eigenvalue weighted by Gasteiger charge is -2.07. The SMILES string of the molecule is O=C1CCC(=O)N1OSI. The van der Waals surface area contributed by atoms with Crippen molar-refractivity contribution in [3.8, 4) is 0 Å². The number of nitrogens with zero attached hydrogens (tertiary/aromatic N) is 1. The van der Waals surface area contributed by atoms with Crippen LogP contribution in [0.3, 0.4) is 0 Å². The number of rotatable bonds is 2. The number of carbonyl (C=O) groups excluding carboxylic acids is 2. The van der Waals surface area contributed by atoms with E-state index in [1.54, 1.807) is 0 Å². The molecule has 0 aromatic rings. The molecule has 56 valence electrons. The van der Waals surface area contributed by atoms with Crippen molar-refractivity contribution in [3.05, 3.63) is 0 Å². The van der Waals surface area contributed by atoms with E-state index in [1.165, 1.54) is 0 Å². The summed E-state index contributed by atoms with van der Waals surface area (Å²) in [6.45, 7) is 0. The third-order valence-corrected chi connectivity index (χ3v) is 1.80. The van der Waals surface area contributed by atoms with Gasteiger partial charge >= 0.3 is 0 Å². The number of amides is 2. The van der Waals surface area contributed by atoms with Gasteiger partial charge in [0.25, 0.3) is 11.8 Å². The number of imide groups is 1. The third-order valence-electron chi connectivity index (χ3n) is 1.11. The van der Waals surface area contributed by atoms with Crippen molar-refractivity contribution < 1.29 is 13.9 Å². The molecule has 0 radical (unpaired) electrons. The quantitative estimate of drug-likeness (QED) is 0.429. The molecule has 6 heteroatoms. The van der Waals surface area contributed by atoms with Crippen molar-refractivity contribution in [2.24, 2.45) is 0 Å². The van der Waals surface area contributed by atoms with Gasteiger partial charge in [-0.15, -0.1) is 5.06 Å². The highest BCUT2D eigenvalue weighted by Gasteiger charge is 2.30. The van der Waals surface area contributed by atoms with Crippen LogP contribution in [-0.2, 0) is 13.9 Å². The molecule has 2 amide bonds. The minimum absolute atomic E-state index is 0.255. The Morgan fingerprint density at radius 1 is 1.40 bits per heavy atom. The second-order valence-electron chi connectivity index (χ2n) is 1.72. The minimum Gasteiger partial charge on any atom is -0.272 e. The van der Waals surface area contributed by atoms with Gasteiger partial charge in [-0.25, -0.2) is 0 Å². The maximum absolute atomic E-state index is 10.7. The molecule has 0 spiro atoms. The first-order valence-electron chi connectivity index (χ1n) is 2.57. The molecule has 1 heterocycles. The molecular weight excluding hydrogens is 269 g/mol. The number of hydrogen-bond acceptors (Lipinski definition) is 4. The van der Waals surface area contributed by atoms with Crippen molar-refractivity contribution in [2.75, 3.05) is 0 Å². The summed E-state index contributed by atoms with van der Waals surface area (Å²) in [5.74, 6) is -0.511. The Balaban J connectivity index is 2.54. The van der Waals surface area contributed by atoms with Gasteiger partial charge in [0.05, 0.1) is 9.21 Å². The zero-order chi connectivity index (χ0) is 7.56. The Hall–Kier alpha value is 0.180. The van der Waals surface area contributed by atoms with Gasteiger partial charge in [-0.1, -0.05) is 0 Å². The van der Waals surface area contributed by atoms with E-state index in [1.807, 2.05) is 21.2 Å². The molecule has 10 heavy (non-hydrogen) atoms. The second kappa shape index (κ2) is 3.54. The highest BCUT2D eigenvalue weighted by Crippen LogP contribution is 2.20. The fourth-order valence-corrected chi connectivity index (χ4v) is 1.37. The predicted octanol–water partition coefficient (Wildman–Crippen LogP) is 1.07. The van der Waals surface area contributed by atoms with Crippen molar-refractivity contribution in [2.45, 2.75) is 12.8 Å². The Morgan fingerprint density at radius 2 is 1.90 bits per heavy atom. The topological polar surface area (TPSA) is 46.6 Å². The van der Waals surface area contributed by atoms with Gasteiger partial charge in [-0.05, 0) is 0 Å². The van der Waals surface area contributed by atoms with Gasteiger partial charge in [0.1, 0.15) is 0 Å². The fraction of sp³-hybridized carbons (Fsp3) is 0.500. The summed E-state index contributed by atoms with van der Waals surface area (Å²) in [4.78, 5) is 21.5. The zero-order valence-corrected chi connectivity index (χ0v) is 7.85. The summed E-state index contributed by atoms with van der Waals surface area (Å²) in [6, 6.07) is 0. The van der Waals surface area contributed by atoms with Gasteiger partial charge in [0.15, 0.2) is 0 Å². The second-order valence-corrected chi connectivity index (χ2v) is 3.07. The van der Waals surface area contributed by atoms with E-state index in [0.717, 1.165) is 14.3 Å². The lowest BCUT2D eigenvalue weighted by Crippen LogP contribution is -2.26. The van der Waals surface area contributed by atoms with Crippen LogP contribution < -0.4 is 0 Å². The van der Waals surface area contributed by atoms with Crippen molar-refractivity contribution in [1.29, 1.82) is 0 Å². The van der Waals surface area contributed by atoms with Gasteiger partial charge in [-0.3, -0.25) is 9.59 Å². The standard InChI is InChI=1S/C4H4INO3S/c5-10-9-6-3(7)1-2-4(6)8/h1-2H2. The fourth-order valence-electron chi connectivity index (χ4n) is 0.667. The van der Waals surface area contributed by atoms with Crippen molar-refractivity contribution in [3.63, 3.8) is 0 Å². The number of carbonyl (C=O) groups is 2. The number of hydrogen-bond donors (Lipinski definition) is 0. The van der Waals surface area contributed by atoms with Crippen molar-refractivity contribution >= 4 is 42.2 Å². The lowest BCUT2D eigenvalue weighted by molar-refractivity contribution is -0.161. The van der Waals surface area contributed by atoms with E-state index in [9.17, 15) is 9.59 Å². The predicted molar refractivity (Wildman–Crippen MR) is 43.8 cm³/mol. The van der Waals surface area contributed by atoms with Gasteiger partial charge in [0.2, 0.25) is 0 Å². The molecule has 4 nitrogen and oxygen atoms in total. The Morgan fingerprint density at radius 3 is 2.30 bits per heavy atom. The van der Waals surface area contributed by atoms with E-state index in [4.69, 9.17) is 0 Å². The maximum atomic E-state index is 10.7. The molecule has 1 aliphatic rings. The molecule has 0 bridgehead atoms.